The fraction of sp³-hybridized carbons (Fsp3) is 0.143. The van der Waals surface area contributed by atoms with Gasteiger partial charge in [0.1, 0.15) is 0 Å². The average Bonchev–Trinajstić information content (AvgIpc) is 2.38. The van der Waals surface area contributed by atoms with Crippen molar-refractivity contribution >= 4 is 16.8 Å². The predicted molar refractivity (Wildman–Crippen MR) is 67.5 cm³/mol. The van der Waals surface area contributed by atoms with Gasteiger partial charge < -0.3 is 5.32 Å². The quantitative estimate of drug-likeness (QED) is 0.792. The third-order valence-electron chi connectivity index (χ3n) is 2.46. The van der Waals surface area contributed by atoms with Gasteiger partial charge in [-0.25, -0.2) is 0 Å². The number of pyridine rings is 1. The van der Waals surface area contributed by atoms with Gasteiger partial charge in [0.25, 0.3) is 5.91 Å². The first kappa shape index (κ1) is 11.2. The molecular weight excluding hydrogens is 212 g/mol. The van der Waals surface area contributed by atoms with Gasteiger partial charge in [-0.1, -0.05) is 12.0 Å². The molecule has 0 bridgehead atoms. The molecule has 0 spiro atoms. The summed E-state index contributed by atoms with van der Waals surface area (Å²) in [5.41, 5.74) is 1.46. The maximum absolute atomic E-state index is 11.8. The minimum Gasteiger partial charge on any atom is -0.339 e. The van der Waals surface area contributed by atoms with Gasteiger partial charge in [-0.15, -0.1) is 6.42 Å². The van der Waals surface area contributed by atoms with Crippen LogP contribution >= 0.6 is 0 Å². The zero-order valence-corrected chi connectivity index (χ0v) is 9.47. The lowest BCUT2D eigenvalue weighted by Gasteiger charge is -2.08. The molecule has 0 saturated heterocycles. The third kappa shape index (κ3) is 2.43. The second kappa shape index (κ2) is 4.67. The number of amides is 1. The Morgan fingerprint density at radius 3 is 3.06 bits per heavy atom. The lowest BCUT2D eigenvalue weighted by Crippen LogP contribution is -2.31. The minimum absolute atomic E-state index is 0.166. The molecule has 2 aromatic rings. The van der Waals surface area contributed by atoms with Crippen LogP contribution in [-0.2, 0) is 0 Å². The van der Waals surface area contributed by atoms with Crippen molar-refractivity contribution < 1.29 is 4.79 Å². The van der Waals surface area contributed by atoms with Crippen molar-refractivity contribution in [2.75, 3.05) is 0 Å². The number of hydrogen-bond donors (Lipinski definition) is 1. The Balaban J connectivity index is 2.31. The van der Waals surface area contributed by atoms with E-state index in [4.69, 9.17) is 6.42 Å². The molecule has 0 fully saturated rings. The summed E-state index contributed by atoms with van der Waals surface area (Å²) in [5, 5.41) is 3.65. The van der Waals surface area contributed by atoms with Gasteiger partial charge in [0, 0.05) is 17.1 Å². The molecule has 3 nitrogen and oxygen atoms in total. The fourth-order valence-corrected chi connectivity index (χ4v) is 1.54. The summed E-state index contributed by atoms with van der Waals surface area (Å²) in [7, 11) is 0. The Kier molecular flexibility index (Phi) is 3.06. The Morgan fingerprint density at radius 1 is 1.47 bits per heavy atom. The molecule has 1 heterocycles. The molecule has 0 aliphatic heterocycles. The smallest absolute Gasteiger partial charge is 0.252 e. The lowest BCUT2D eigenvalue weighted by atomic mass is 10.1. The van der Waals surface area contributed by atoms with Crippen molar-refractivity contribution in [3.8, 4) is 12.3 Å². The van der Waals surface area contributed by atoms with Gasteiger partial charge in [0.15, 0.2) is 0 Å². The molecule has 1 aromatic heterocycles. The number of nitrogens with one attached hydrogen (secondary N) is 1. The highest BCUT2D eigenvalue weighted by Gasteiger charge is 2.08. The monoisotopic (exact) mass is 224 g/mol. The molecular formula is C14H12N2O. The third-order valence-corrected chi connectivity index (χ3v) is 2.46. The summed E-state index contributed by atoms with van der Waals surface area (Å²) in [6, 6.07) is 8.87. The molecule has 0 saturated carbocycles. The van der Waals surface area contributed by atoms with Gasteiger partial charge in [-0.3, -0.25) is 9.78 Å². The minimum atomic E-state index is -0.271. The Hall–Kier alpha value is -2.34. The van der Waals surface area contributed by atoms with Crippen molar-refractivity contribution in [3.05, 3.63) is 42.1 Å². The summed E-state index contributed by atoms with van der Waals surface area (Å²) < 4.78 is 0. The van der Waals surface area contributed by atoms with Crippen molar-refractivity contribution in [1.82, 2.24) is 10.3 Å². The number of fused-ring (bicyclic) bond motifs is 1. The molecule has 1 atom stereocenters. The maximum atomic E-state index is 11.8. The van der Waals surface area contributed by atoms with Crippen molar-refractivity contribution in [1.29, 1.82) is 0 Å². The first-order valence-corrected chi connectivity index (χ1v) is 5.32. The van der Waals surface area contributed by atoms with Crippen LogP contribution in [0.2, 0.25) is 0 Å². The highest BCUT2D eigenvalue weighted by Crippen LogP contribution is 2.13. The van der Waals surface area contributed by atoms with Crippen LogP contribution in [0.3, 0.4) is 0 Å². The molecule has 1 unspecified atom stereocenters. The first-order valence-electron chi connectivity index (χ1n) is 5.32. The van der Waals surface area contributed by atoms with E-state index in [0.717, 1.165) is 10.9 Å². The van der Waals surface area contributed by atoms with E-state index in [-0.39, 0.29) is 11.9 Å². The molecule has 17 heavy (non-hydrogen) atoms. The zero-order valence-electron chi connectivity index (χ0n) is 9.47. The van der Waals surface area contributed by atoms with Crippen LogP contribution in [0.4, 0.5) is 0 Å². The van der Waals surface area contributed by atoms with Crippen LogP contribution in [0.15, 0.2) is 36.5 Å². The van der Waals surface area contributed by atoms with E-state index in [9.17, 15) is 4.79 Å². The molecule has 0 aliphatic rings. The van der Waals surface area contributed by atoms with Crippen molar-refractivity contribution in [2.24, 2.45) is 0 Å². The van der Waals surface area contributed by atoms with E-state index in [1.165, 1.54) is 0 Å². The number of rotatable bonds is 2. The normalized spacial score (nSPS) is 11.8. The topological polar surface area (TPSA) is 42.0 Å². The molecule has 3 heteroatoms. The SMILES string of the molecule is C#CC(C)NC(=O)c1ccc2ncccc2c1. The molecule has 2 rings (SSSR count). The van der Waals surface area contributed by atoms with Gasteiger partial charge in [0.2, 0.25) is 0 Å². The number of nitrogens with zero attached hydrogens (tertiary/aromatic N) is 1. The summed E-state index contributed by atoms with van der Waals surface area (Å²) >= 11 is 0. The van der Waals surface area contributed by atoms with E-state index in [1.54, 1.807) is 25.3 Å². The highest BCUT2D eigenvalue weighted by molar-refractivity contribution is 5.98. The first-order chi connectivity index (χ1) is 8.20. The molecule has 1 N–H and O–H groups in total. The van der Waals surface area contributed by atoms with Crippen LogP contribution < -0.4 is 5.32 Å². The number of benzene rings is 1. The summed E-state index contributed by atoms with van der Waals surface area (Å²) in [4.78, 5) is 16.0. The van der Waals surface area contributed by atoms with Crippen LogP contribution in [0.1, 0.15) is 17.3 Å². The molecule has 1 amide bonds. The highest BCUT2D eigenvalue weighted by atomic mass is 16.1. The predicted octanol–water partition coefficient (Wildman–Crippen LogP) is 1.99. The van der Waals surface area contributed by atoms with Crippen molar-refractivity contribution in [3.63, 3.8) is 0 Å². The van der Waals surface area contributed by atoms with Gasteiger partial charge >= 0.3 is 0 Å². The van der Waals surface area contributed by atoms with Crippen LogP contribution in [0.5, 0.6) is 0 Å². The molecule has 0 aliphatic carbocycles. The Morgan fingerprint density at radius 2 is 2.29 bits per heavy atom. The molecule has 0 radical (unpaired) electrons. The number of hydrogen-bond acceptors (Lipinski definition) is 2. The fourth-order valence-electron chi connectivity index (χ4n) is 1.54. The van der Waals surface area contributed by atoms with Gasteiger partial charge in [-0.2, -0.15) is 0 Å². The van der Waals surface area contributed by atoms with E-state index in [0.29, 0.717) is 5.56 Å². The molecule has 1 aromatic carbocycles. The van der Waals surface area contributed by atoms with Crippen LogP contribution in [-0.4, -0.2) is 16.9 Å². The summed E-state index contributed by atoms with van der Waals surface area (Å²) in [5.74, 6) is 2.29. The Bertz CT molecular complexity index is 598. The standard InChI is InChI=1S/C14H12N2O/c1-3-10(2)16-14(17)12-6-7-13-11(9-12)5-4-8-15-13/h1,4-10H,2H3,(H,16,17). The average molecular weight is 224 g/mol. The van der Waals surface area contributed by atoms with Crippen molar-refractivity contribution in [2.45, 2.75) is 13.0 Å². The maximum Gasteiger partial charge on any atom is 0.252 e. The number of aromatic nitrogens is 1. The van der Waals surface area contributed by atoms with Crippen LogP contribution in [0, 0.1) is 12.3 Å². The van der Waals surface area contributed by atoms with Gasteiger partial charge in [0.05, 0.1) is 11.6 Å². The summed E-state index contributed by atoms with van der Waals surface area (Å²) in [6.45, 7) is 1.76. The second-order valence-corrected chi connectivity index (χ2v) is 3.77. The zero-order chi connectivity index (χ0) is 12.3. The number of carbonyl (C=O) groups excluding carboxylic acids is 1. The second-order valence-electron chi connectivity index (χ2n) is 3.77. The number of terminal acetylenes is 1. The summed E-state index contributed by atoms with van der Waals surface area (Å²) in [6.07, 6.45) is 6.94. The van der Waals surface area contributed by atoms with Gasteiger partial charge in [-0.05, 0) is 31.2 Å². The van der Waals surface area contributed by atoms with Crippen LogP contribution in [0.25, 0.3) is 10.9 Å². The lowest BCUT2D eigenvalue weighted by molar-refractivity contribution is 0.0948. The van der Waals surface area contributed by atoms with E-state index in [1.807, 2.05) is 18.2 Å². The number of carbonyl (C=O) groups is 1. The molecule has 84 valence electrons. The van der Waals surface area contributed by atoms with E-state index >= 15 is 0 Å². The largest absolute Gasteiger partial charge is 0.339 e. The van der Waals surface area contributed by atoms with E-state index in [2.05, 4.69) is 16.2 Å². The Labute approximate surface area is 99.9 Å². The van der Waals surface area contributed by atoms with E-state index < -0.39 is 0 Å².